The van der Waals surface area contributed by atoms with Gasteiger partial charge in [-0.2, -0.15) is 0 Å². The molecule has 0 aliphatic heterocycles. The van der Waals surface area contributed by atoms with Crippen molar-refractivity contribution in [3.8, 4) is 22.6 Å². The molecule has 134 valence electrons. The van der Waals surface area contributed by atoms with Crippen LogP contribution in [0.2, 0.25) is 5.02 Å². The highest BCUT2D eigenvalue weighted by Crippen LogP contribution is 2.32. The molecule has 3 aromatic carbocycles. The standard InChI is InChI=1S/C22H19ClN4/c1-13-10-17(23)8-9-18(13)20-19(12-24)21(25)27-22(26-20)16-7-6-14-4-2-3-5-15(14)11-16/h2-11H,12,24H2,1H3,(H2,25,26,27). The van der Waals surface area contributed by atoms with Gasteiger partial charge in [0.15, 0.2) is 5.82 Å². The van der Waals surface area contributed by atoms with Crippen LogP contribution in [0.5, 0.6) is 0 Å². The van der Waals surface area contributed by atoms with Gasteiger partial charge in [0.2, 0.25) is 0 Å². The summed E-state index contributed by atoms with van der Waals surface area (Å²) >= 11 is 6.11. The molecule has 5 heteroatoms. The van der Waals surface area contributed by atoms with E-state index in [0.717, 1.165) is 33.3 Å². The Morgan fingerprint density at radius 3 is 2.44 bits per heavy atom. The monoisotopic (exact) mass is 374 g/mol. The lowest BCUT2D eigenvalue weighted by molar-refractivity contribution is 1.02. The molecular formula is C22H19ClN4. The number of hydrogen-bond acceptors (Lipinski definition) is 4. The molecule has 0 atom stereocenters. The summed E-state index contributed by atoms with van der Waals surface area (Å²) in [7, 11) is 0. The molecule has 0 aliphatic carbocycles. The van der Waals surface area contributed by atoms with Crippen molar-refractivity contribution in [1.29, 1.82) is 0 Å². The predicted octanol–water partition coefficient (Wildman–Crippen LogP) is 4.97. The average molecular weight is 375 g/mol. The van der Waals surface area contributed by atoms with E-state index < -0.39 is 0 Å². The molecule has 0 radical (unpaired) electrons. The van der Waals surface area contributed by atoms with Crippen LogP contribution >= 0.6 is 11.6 Å². The third-order valence-corrected chi connectivity index (χ3v) is 4.93. The third-order valence-electron chi connectivity index (χ3n) is 4.69. The molecule has 0 amide bonds. The second-order valence-corrected chi connectivity index (χ2v) is 6.92. The zero-order chi connectivity index (χ0) is 19.0. The van der Waals surface area contributed by atoms with Crippen molar-refractivity contribution in [2.45, 2.75) is 13.5 Å². The average Bonchev–Trinajstić information content (AvgIpc) is 2.67. The fourth-order valence-corrected chi connectivity index (χ4v) is 3.50. The molecule has 0 unspecified atom stereocenters. The van der Waals surface area contributed by atoms with Crippen molar-refractivity contribution in [2.24, 2.45) is 5.73 Å². The predicted molar refractivity (Wildman–Crippen MR) is 112 cm³/mol. The van der Waals surface area contributed by atoms with E-state index in [1.54, 1.807) is 0 Å². The molecule has 0 saturated carbocycles. The second kappa shape index (κ2) is 6.99. The molecular weight excluding hydrogens is 356 g/mol. The summed E-state index contributed by atoms with van der Waals surface area (Å²) in [5, 5.41) is 2.98. The largest absolute Gasteiger partial charge is 0.383 e. The van der Waals surface area contributed by atoms with Crippen LogP contribution in [0.1, 0.15) is 11.1 Å². The highest BCUT2D eigenvalue weighted by molar-refractivity contribution is 6.30. The van der Waals surface area contributed by atoms with Crippen LogP contribution in [0.15, 0.2) is 60.7 Å². The van der Waals surface area contributed by atoms with E-state index in [-0.39, 0.29) is 6.54 Å². The SMILES string of the molecule is Cc1cc(Cl)ccc1-c1nc(-c2ccc3ccccc3c2)nc(N)c1CN. The topological polar surface area (TPSA) is 77.8 Å². The number of nitrogen functional groups attached to an aromatic ring is 1. The Morgan fingerprint density at radius 2 is 1.70 bits per heavy atom. The fourth-order valence-electron chi connectivity index (χ4n) is 3.28. The van der Waals surface area contributed by atoms with Crippen molar-refractivity contribution in [3.05, 3.63) is 76.8 Å². The van der Waals surface area contributed by atoms with Crippen LogP contribution in [0.25, 0.3) is 33.4 Å². The Kier molecular flexibility index (Phi) is 4.52. The number of rotatable bonds is 3. The summed E-state index contributed by atoms with van der Waals surface area (Å²) in [6, 6.07) is 20.0. The van der Waals surface area contributed by atoms with Gasteiger partial charge in [-0.25, -0.2) is 9.97 Å². The van der Waals surface area contributed by atoms with Gasteiger partial charge in [-0.15, -0.1) is 0 Å². The minimum atomic E-state index is 0.265. The van der Waals surface area contributed by atoms with Crippen LogP contribution in [0, 0.1) is 6.92 Å². The number of fused-ring (bicyclic) bond motifs is 1. The fraction of sp³-hybridized carbons (Fsp3) is 0.0909. The number of hydrogen-bond donors (Lipinski definition) is 2. The van der Waals surface area contributed by atoms with E-state index in [2.05, 4.69) is 29.2 Å². The number of nitrogens with two attached hydrogens (primary N) is 2. The van der Waals surface area contributed by atoms with Crippen LogP contribution in [0.4, 0.5) is 5.82 Å². The second-order valence-electron chi connectivity index (χ2n) is 6.48. The Hall–Kier alpha value is -2.95. The van der Waals surface area contributed by atoms with Gasteiger partial charge >= 0.3 is 0 Å². The summed E-state index contributed by atoms with van der Waals surface area (Å²) in [5.41, 5.74) is 16.6. The van der Waals surface area contributed by atoms with Gasteiger partial charge in [0, 0.05) is 28.3 Å². The molecule has 0 spiro atoms. The first-order valence-corrected chi connectivity index (χ1v) is 9.07. The number of nitrogens with zero attached hydrogens (tertiary/aromatic N) is 2. The first-order chi connectivity index (χ1) is 13.1. The van der Waals surface area contributed by atoms with Gasteiger partial charge in [0.25, 0.3) is 0 Å². The molecule has 4 N–H and O–H groups in total. The van der Waals surface area contributed by atoms with E-state index >= 15 is 0 Å². The van der Waals surface area contributed by atoms with E-state index in [0.29, 0.717) is 16.7 Å². The first kappa shape index (κ1) is 17.5. The molecule has 4 rings (SSSR count). The highest BCUT2D eigenvalue weighted by Gasteiger charge is 2.16. The minimum Gasteiger partial charge on any atom is -0.383 e. The molecule has 0 aliphatic rings. The van der Waals surface area contributed by atoms with E-state index in [1.807, 2.05) is 43.3 Å². The van der Waals surface area contributed by atoms with Crippen molar-refractivity contribution in [1.82, 2.24) is 9.97 Å². The van der Waals surface area contributed by atoms with Crippen molar-refractivity contribution in [2.75, 3.05) is 5.73 Å². The zero-order valence-corrected chi connectivity index (χ0v) is 15.7. The normalized spacial score (nSPS) is 11.1. The van der Waals surface area contributed by atoms with Crippen molar-refractivity contribution >= 4 is 28.2 Å². The van der Waals surface area contributed by atoms with Crippen LogP contribution in [-0.2, 0) is 6.54 Å². The molecule has 4 aromatic rings. The van der Waals surface area contributed by atoms with Gasteiger partial charge in [-0.3, -0.25) is 0 Å². The molecule has 0 fully saturated rings. The highest BCUT2D eigenvalue weighted by atomic mass is 35.5. The minimum absolute atomic E-state index is 0.265. The number of aryl methyl sites for hydroxylation is 1. The molecule has 27 heavy (non-hydrogen) atoms. The quantitative estimate of drug-likeness (QED) is 0.531. The van der Waals surface area contributed by atoms with Crippen LogP contribution in [-0.4, -0.2) is 9.97 Å². The maximum atomic E-state index is 6.24. The van der Waals surface area contributed by atoms with E-state index in [9.17, 15) is 0 Å². The Morgan fingerprint density at radius 1 is 0.926 bits per heavy atom. The number of halogens is 1. The van der Waals surface area contributed by atoms with E-state index in [1.165, 1.54) is 5.39 Å². The summed E-state index contributed by atoms with van der Waals surface area (Å²) in [5.74, 6) is 0.986. The Balaban J connectivity index is 1.93. The van der Waals surface area contributed by atoms with Gasteiger partial charge in [-0.05, 0) is 41.5 Å². The summed E-state index contributed by atoms with van der Waals surface area (Å²) in [4.78, 5) is 9.34. The zero-order valence-electron chi connectivity index (χ0n) is 14.9. The maximum absolute atomic E-state index is 6.24. The van der Waals surface area contributed by atoms with Gasteiger partial charge in [-0.1, -0.05) is 54.1 Å². The Bertz CT molecular complexity index is 1150. The van der Waals surface area contributed by atoms with Crippen LogP contribution in [0.3, 0.4) is 0 Å². The number of aromatic nitrogens is 2. The third kappa shape index (κ3) is 3.25. The van der Waals surface area contributed by atoms with Crippen LogP contribution < -0.4 is 11.5 Å². The summed E-state index contributed by atoms with van der Waals surface area (Å²) in [6.45, 7) is 2.26. The van der Waals surface area contributed by atoms with Gasteiger partial charge in [0.05, 0.1) is 5.69 Å². The van der Waals surface area contributed by atoms with E-state index in [4.69, 9.17) is 28.1 Å². The lowest BCUT2D eigenvalue weighted by atomic mass is 10.0. The first-order valence-electron chi connectivity index (χ1n) is 8.69. The lowest BCUT2D eigenvalue weighted by Crippen LogP contribution is -2.09. The number of benzene rings is 3. The van der Waals surface area contributed by atoms with Crippen molar-refractivity contribution in [3.63, 3.8) is 0 Å². The maximum Gasteiger partial charge on any atom is 0.162 e. The summed E-state index contributed by atoms with van der Waals surface area (Å²) < 4.78 is 0. The summed E-state index contributed by atoms with van der Waals surface area (Å²) in [6.07, 6.45) is 0. The number of anilines is 1. The van der Waals surface area contributed by atoms with Gasteiger partial charge in [0.1, 0.15) is 5.82 Å². The molecule has 1 aromatic heterocycles. The smallest absolute Gasteiger partial charge is 0.162 e. The Labute approximate surface area is 162 Å². The molecule has 0 bridgehead atoms. The van der Waals surface area contributed by atoms with Gasteiger partial charge < -0.3 is 11.5 Å². The molecule has 0 saturated heterocycles. The molecule has 4 nitrogen and oxygen atoms in total. The van der Waals surface area contributed by atoms with Crippen molar-refractivity contribution < 1.29 is 0 Å². The lowest BCUT2D eigenvalue weighted by Gasteiger charge is -2.14. The molecule has 1 heterocycles.